The van der Waals surface area contributed by atoms with E-state index in [9.17, 15) is 14.3 Å². The van der Waals surface area contributed by atoms with Crippen LogP contribution in [0, 0.1) is 5.82 Å². The van der Waals surface area contributed by atoms with Crippen molar-refractivity contribution in [2.24, 2.45) is 0 Å². The molecular weight excluding hydrogens is 263 g/mol. The van der Waals surface area contributed by atoms with Gasteiger partial charge in [-0.2, -0.15) is 0 Å². The molecule has 0 amide bonds. The van der Waals surface area contributed by atoms with Gasteiger partial charge in [0.05, 0.1) is 12.7 Å². The van der Waals surface area contributed by atoms with E-state index in [2.05, 4.69) is 0 Å². The number of halogens is 1. The van der Waals surface area contributed by atoms with Crippen LogP contribution >= 0.6 is 0 Å². The molecule has 0 fully saturated rings. The van der Waals surface area contributed by atoms with Crippen molar-refractivity contribution in [3.63, 3.8) is 0 Å². The van der Waals surface area contributed by atoms with Gasteiger partial charge in [0.15, 0.2) is 6.10 Å². The second kappa shape index (κ2) is 7.85. The van der Waals surface area contributed by atoms with Crippen LogP contribution in [-0.4, -0.2) is 23.8 Å². The Hall–Kier alpha value is -1.62. The average molecular weight is 284 g/mol. The van der Waals surface area contributed by atoms with Gasteiger partial charge in [-0.05, 0) is 38.5 Å². The van der Waals surface area contributed by atoms with Crippen LogP contribution < -0.4 is 4.74 Å². The fourth-order valence-corrected chi connectivity index (χ4v) is 1.83. The Bertz CT molecular complexity index is 445. The van der Waals surface area contributed by atoms with Crippen molar-refractivity contribution in [2.45, 2.75) is 45.8 Å². The zero-order valence-corrected chi connectivity index (χ0v) is 12.1. The Balaban J connectivity index is 2.95. The monoisotopic (exact) mass is 284 g/mol. The van der Waals surface area contributed by atoms with Gasteiger partial charge in [-0.15, -0.1) is 0 Å². The van der Waals surface area contributed by atoms with E-state index in [1.165, 1.54) is 25.1 Å². The molecule has 0 heterocycles. The van der Waals surface area contributed by atoms with E-state index in [1.54, 1.807) is 6.92 Å². The van der Waals surface area contributed by atoms with Gasteiger partial charge in [-0.3, -0.25) is 0 Å². The quantitative estimate of drug-likeness (QED) is 0.782. The van der Waals surface area contributed by atoms with Gasteiger partial charge in [-0.25, -0.2) is 9.18 Å². The van der Waals surface area contributed by atoms with Crippen LogP contribution in [0.1, 0.15) is 45.3 Å². The van der Waals surface area contributed by atoms with Gasteiger partial charge in [0.2, 0.25) is 0 Å². The van der Waals surface area contributed by atoms with Crippen molar-refractivity contribution < 1.29 is 23.8 Å². The number of ether oxygens (including phenoxy) is 2. The Morgan fingerprint density at radius 2 is 2.10 bits per heavy atom. The Morgan fingerprint density at radius 3 is 2.65 bits per heavy atom. The molecule has 4 nitrogen and oxygen atoms in total. The molecule has 1 N–H and O–H groups in total. The van der Waals surface area contributed by atoms with Crippen molar-refractivity contribution in [3.05, 3.63) is 29.6 Å². The number of aliphatic hydroxyl groups is 1. The van der Waals surface area contributed by atoms with Gasteiger partial charge in [0, 0.05) is 5.56 Å². The maximum Gasteiger partial charge on any atom is 0.347 e. The fourth-order valence-electron chi connectivity index (χ4n) is 1.83. The lowest BCUT2D eigenvalue weighted by molar-refractivity contribution is -0.151. The number of aliphatic hydroxyl groups excluding tert-OH is 1. The first-order valence-corrected chi connectivity index (χ1v) is 6.80. The zero-order valence-electron chi connectivity index (χ0n) is 12.1. The van der Waals surface area contributed by atoms with Crippen LogP contribution in [-0.2, 0) is 9.53 Å². The van der Waals surface area contributed by atoms with Crippen LogP contribution in [0.3, 0.4) is 0 Å². The lowest BCUT2D eigenvalue weighted by atomic mass is 10.1. The van der Waals surface area contributed by atoms with Crippen molar-refractivity contribution in [2.75, 3.05) is 6.61 Å². The summed E-state index contributed by atoms with van der Waals surface area (Å²) in [6, 6.07) is 3.85. The van der Waals surface area contributed by atoms with E-state index in [4.69, 9.17) is 9.47 Å². The standard InChI is InChI=1S/C15H21FO4/c1-4-6-14(15(18)19-5-2)20-13-8-7-11(16)9-12(13)10(3)17/h7-10,14,17H,4-6H2,1-3H3/t10-,14?/m1/s1. The molecule has 1 unspecified atom stereocenters. The van der Waals surface area contributed by atoms with Crippen molar-refractivity contribution in [1.82, 2.24) is 0 Å². The smallest absolute Gasteiger partial charge is 0.347 e. The van der Waals surface area contributed by atoms with Gasteiger partial charge < -0.3 is 14.6 Å². The second-order valence-electron chi connectivity index (χ2n) is 4.51. The molecule has 0 radical (unpaired) electrons. The van der Waals surface area contributed by atoms with Crippen molar-refractivity contribution >= 4 is 5.97 Å². The SMILES string of the molecule is CCCC(Oc1ccc(F)cc1[C@@H](C)O)C(=O)OCC. The molecule has 0 aliphatic carbocycles. The summed E-state index contributed by atoms with van der Waals surface area (Å²) in [5.74, 6) is -0.612. The average Bonchev–Trinajstić information content (AvgIpc) is 2.40. The molecule has 0 aromatic heterocycles. The third-order valence-corrected chi connectivity index (χ3v) is 2.79. The predicted molar refractivity (Wildman–Crippen MR) is 73.0 cm³/mol. The first kappa shape index (κ1) is 16.4. The maximum atomic E-state index is 13.2. The minimum atomic E-state index is -0.884. The molecule has 0 aliphatic heterocycles. The molecule has 0 saturated carbocycles. The number of hydrogen-bond donors (Lipinski definition) is 1. The number of esters is 1. The van der Waals surface area contributed by atoms with Gasteiger partial charge in [-0.1, -0.05) is 13.3 Å². The molecule has 0 aliphatic rings. The van der Waals surface area contributed by atoms with Crippen molar-refractivity contribution in [1.29, 1.82) is 0 Å². The Morgan fingerprint density at radius 1 is 1.40 bits per heavy atom. The molecule has 1 rings (SSSR count). The molecule has 112 valence electrons. The van der Waals surface area contributed by atoms with Crippen molar-refractivity contribution in [3.8, 4) is 5.75 Å². The van der Waals surface area contributed by atoms with Gasteiger partial charge in [0.25, 0.3) is 0 Å². The highest BCUT2D eigenvalue weighted by atomic mass is 19.1. The number of rotatable bonds is 7. The minimum absolute atomic E-state index is 0.273. The predicted octanol–water partition coefficient (Wildman–Crippen LogP) is 2.99. The van der Waals surface area contributed by atoms with E-state index in [0.717, 1.165) is 6.42 Å². The summed E-state index contributed by atoms with van der Waals surface area (Å²) in [6.45, 7) is 5.44. The summed E-state index contributed by atoms with van der Waals surface area (Å²) >= 11 is 0. The van der Waals surface area contributed by atoms with E-state index in [-0.39, 0.29) is 6.61 Å². The molecular formula is C15H21FO4. The molecule has 0 bridgehead atoms. The largest absolute Gasteiger partial charge is 0.478 e. The zero-order chi connectivity index (χ0) is 15.1. The normalized spacial score (nSPS) is 13.7. The first-order valence-electron chi connectivity index (χ1n) is 6.80. The number of carbonyl (C=O) groups excluding carboxylic acids is 1. The third-order valence-electron chi connectivity index (χ3n) is 2.79. The van der Waals surface area contributed by atoms with Crippen LogP contribution in [0.15, 0.2) is 18.2 Å². The van der Waals surface area contributed by atoms with E-state index in [0.29, 0.717) is 17.7 Å². The fraction of sp³-hybridized carbons (Fsp3) is 0.533. The number of hydrogen-bond acceptors (Lipinski definition) is 4. The first-order chi connectivity index (χ1) is 9.49. The lowest BCUT2D eigenvalue weighted by Crippen LogP contribution is -2.29. The van der Waals surface area contributed by atoms with E-state index >= 15 is 0 Å². The van der Waals surface area contributed by atoms with Crippen LogP contribution in [0.2, 0.25) is 0 Å². The van der Waals surface area contributed by atoms with Gasteiger partial charge in [0.1, 0.15) is 11.6 Å². The summed E-state index contributed by atoms with van der Waals surface area (Å²) in [5, 5.41) is 9.65. The second-order valence-corrected chi connectivity index (χ2v) is 4.51. The minimum Gasteiger partial charge on any atom is -0.478 e. The molecule has 1 aromatic rings. The highest BCUT2D eigenvalue weighted by Gasteiger charge is 2.23. The molecule has 2 atom stereocenters. The van der Waals surface area contributed by atoms with Crippen LogP contribution in [0.4, 0.5) is 4.39 Å². The number of carbonyl (C=O) groups is 1. The summed E-state index contributed by atoms with van der Waals surface area (Å²) in [7, 11) is 0. The number of benzene rings is 1. The van der Waals surface area contributed by atoms with E-state index in [1.807, 2.05) is 6.92 Å². The molecule has 0 spiro atoms. The summed E-state index contributed by atoms with van der Waals surface area (Å²) in [6.07, 6.45) is -0.391. The molecule has 5 heteroatoms. The highest BCUT2D eigenvalue weighted by molar-refractivity contribution is 5.75. The van der Waals surface area contributed by atoms with Gasteiger partial charge >= 0.3 is 5.97 Å². The summed E-state index contributed by atoms with van der Waals surface area (Å²) in [4.78, 5) is 11.8. The Labute approximate surface area is 118 Å². The molecule has 0 saturated heterocycles. The third kappa shape index (κ3) is 4.49. The maximum absolute atomic E-state index is 13.2. The topological polar surface area (TPSA) is 55.8 Å². The van der Waals surface area contributed by atoms with E-state index < -0.39 is 24.0 Å². The lowest BCUT2D eigenvalue weighted by Gasteiger charge is -2.20. The van der Waals surface area contributed by atoms with Crippen LogP contribution in [0.5, 0.6) is 5.75 Å². The summed E-state index contributed by atoms with van der Waals surface area (Å²) in [5.41, 5.74) is 0.315. The molecule has 1 aromatic carbocycles. The Kier molecular flexibility index (Phi) is 6.45. The van der Waals surface area contributed by atoms with Crippen LogP contribution in [0.25, 0.3) is 0 Å². The summed E-state index contributed by atoms with van der Waals surface area (Å²) < 4.78 is 23.8. The molecule has 20 heavy (non-hydrogen) atoms. The highest BCUT2D eigenvalue weighted by Crippen LogP contribution is 2.27.